The maximum atomic E-state index is 12.5. The average molecular weight is 414 g/mol. The molecule has 1 amide bonds. The molecule has 0 atom stereocenters. The lowest BCUT2D eigenvalue weighted by Gasteiger charge is -2.25. The minimum absolute atomic E-state index is 0.303. The monoisotopic (exact) mass is 413 g/mol. The molecule has 2 aliphatic rings. The number of hydrogen-bond acceptors (Lipinski definition) is 4. The van der Waals surface area contributed by atoms with Gasteiger partial charge in [0.25, 0.3) is 0 Å². The van der Waals surface area contributed by atoms with Gasteiger partial charge in [0.1, 0.15) is 0 Å². The van der Waals surface area contributed by atoms with Crippen molar-refractivity contribution in [1.29, 1.82) is 0 Å². The Morgan fingerprint density at radius 1 is 1.20 bits per heavy atom. The first-order valence-corrected chi connectivity index (χ1v) is 11.5. The predicted molar refractivity (Wildman–Crippen MR) is 119 cm³/mol. The van der Waals surface area contributed by atoms with E-state index in [0.717, 1.165) is 29.9 Å². The van der Waals surface area contributed by atoms with Crippen LogP contribution in [0.4, 0.5) is 4.79 Å². The van der Waals surface area contributed by atoms with Crippen molar-refractivity contribution in [3.05, 3.63) is 30.0 Å². The van der Waals surface area contributed by atoms with Crippen LogP contribution in [0.5, 0.6) is 5.75 Å². The molecule has 6 heteroatoms. The largest absolute Gasteiger partial charge is 0.415 e. The maximum Gasteiger partial charge on any atom is 0.415 e. The molecule has 1 aliphatic carbocycles. The lowest BCUT2D eigenvalue weighted by atomic mass is 9.96. The van der Waals surface area contributed by atoms with Gasteiger partial charge in [0.2, 0.25) is 0 Å². The number of morpholine rings is 1. The van der Waals surface area contributed by atoms with Gasteiger partial charge < -0.3 is 24.3 Å². The van der Waals surface area contributed by atoms with Gasteiger partial charge in [-0.2, -0.15) is 0 Å². The van der Waals surface area contributed by atoms with Crippen molar-refractivity contribution in [1.82, 2.24) is 14.8 Å². The number of fused-ring (bicyclic) bond motifs is 1. The number of ether oxygens (including phenoxy) is 2. The molecule has 1 aliphatic heterocycles. The number of nitrogens with one attached hydrogen (secondary N) is 1. The summed E-state index contributed by atoms with van der Waals surface area (Å²) in [6.07, 6.45) is 11.5. The number of H-pyrrole nitrogens is 1. The number of nitrogens with zero attached hydrogens (tertiary/aromatic N) is 2. The fourth-order valence-electron chi connectivity index (χ4n) is 4.73. The lowest BCUT2D eigenvalue weighted by molar-refractivity contribution is 0.0417. The number of carbonyl (C=O) groups is 1. The van der Waals surface area contributed by atoms with Crippen LogP contribution in [0.15, 0.2) is 24.4 Å². The molecule has 1 saturated carbocycles. The number of aromatic amines is 1. The Balaban J connectivity index is 1.36. The highest BCUT2D eigenvalue weighted by Gasteiger charge is 2.20. The van der Waals surface area contributed by atoms with Crippen LogP contribution < -0.4 is 4.74 Å². The standard InChI is InChI=1S/C24H35N3O3/c1-26(12-11-19-7-4-2-3-5-8-19)18-20-17-25-23-21(20)9-6-10-22(23)30-24(28)27-13-15-29-16-14-27/h6,9-10,17,19,25H,2-5,7-8,11-16,18H2,1H3. The Labute approximate surface area is 179 Å². The molecular weight excluding hydrogens is 378 g/mol. The molecule has 2 aromatic rings. The van der Waals surface area contributed by atoms with Crippen molar-refractivity contribution in [2.24, 2.45) is 5.92 Å². The van der Waals surface area contributed by atoms with Crippen molar-refractivity contribution in [2.45, 2.75) is 51.5 Å². The van der Waals surface area contributed by atoms with Crippen molar-refractivity contribution < 1.29 is 14.3 Å². The molecule has 6 nitrogen and oxygen atoms in total. The van der Waals surface area contributed by atoms with Gasteiger partial charge in [-0.1, -0.05) is 50.7 Å². The Kier molecular flexibility index (Phi) is 7.28. The minimum Gasteiger partial charge on any atom is -0.408 e. The van der Waals surface area contributed by atoms with Crippen molar-refractivity contribution in [2.75, 3.05) is 39.9 Å². The molecule has 0 bridgehead atoms. The van der Waals surface area contributed by atoms with Crippen LogP contribution >= 0.6 is 0 Å². The second-order valence-electron chi connectivity index (χ2n) is 8.84. The number of rotatable bonds is 6. The average Bonchev–Trinajstić information content (AvgIpc) is 3.00. The van der Waals surface area contributed by atoms with Crippen molar-refractivity contribution in [3.63, 3.8) is 0 Å². The highest BCUT2D eigenvalue weighted by atomic mass is 16.6. The Morgan fingerprint density at radius 3 is 2.73 bits per heavy atom. The summed E-state index contributed by atoms with van der Waals surface area (Å²) in [5, 5.41) is 1.13. The lowest BCUT2D eigenvalue weighted by Crippen LogP contribution is -2.42. The van der Waals surface area contributed by atoms with Crippen LogP contribution in [0.1, 0.15) is 50.5 Å². The Morgan fingerprint density at radius 2 is 1.97 bits per heavy atom. The zero-order valence-corrected chi connectivity index (χ0v) is 18.2. The number of para-hydroxylation sites is 1. The highest BCUT2D eigenvalue weighted by molar-refractivity contribution is 5.90. The molecule has 1 aromatic carbocycles. The molecule has 30 heavy (non-hydrogen) atoms. The molecule has 0 unspecified atom stereocenters. The van der Waals surface area contributed by atoms with Crippen LogP contribution in [-0.2, 0) is 11.3 Å². The van der Waals surface area contributed by atoms with Crippen LogP contribution in [0.25, 0.3) is 10.9 Å². The van der Waals surface area contributed by atoms with E-state index >= 15 is 0 Å². The van der Waals surface area contributed by atoms with Gasteiger partial charge in [0.15, 0.2) is 5.75 Å². The zero-order chi connectivity index (χ0) is 20.8. The second-order valence-corrected chi connectivity index (χ2v) is 8.84. The number of carbonyl (C=O) groups excluding carboxylic acids is 1. The molecule has 1 aromatic heterocycles. The first-order chi connectivity index (χ1) is 14.7. The molecule has 1 saturated heterocycles. The van der Waals surface area contributed by atoms with Crippen LogP contribution in [0, 0.1) is 5.92 Å². The van der Waals surface area contributed by atoms with E-state index in [-0.39, 0.29) is 6.09 Å². The van der Waals surface area contributed by atoms with Gasteiger partial charge in [0, 0.05) is 31.2 Å². The molecule has 0 radical (unpaired) electrons. The summed E-state index contributed by atoms with van der Waals surface area (Å²) < 4.78 is 11.0. The van der Waals surface area contributed by atoms with E-state index in [4.69, 9.17) is 9.47 Å². The predicted octanol–water partition coefficient (Wildman–Crippen LogP) is 4.79. The smallest absolute Gasteiger partial charge is 0.408 e. The molecule has 2 heterocycles. The third-order valence-electron chi connectivity index (χ3n) is 6.56. The molecule has 2 fully saturated rings. The summed E-state index contributed by atoms with van der Waals surface area (Å²) in [4.78, 5) is 19.9. The van der Waals surface area contributed by atoms with E-state index < -0.39 is 0 Å². The number of aromatic nitrogens is 1. The first-order valence-electron chi connectivity index (χ1n) is 11.5. The van der Waals surface area contributed by atoms with Crippen molar-refractivity contribution >= 4 is 17.0 Å². The third kappa shape index (κ3) is 5.35. The normalized spacial score (nSPS) is 18.7. The summed E-state index contributed by atoms with van der Waals surface area (Å²) in [7, 11) is 2.21. The number of benzene rings is 1. The van der Waals surface area contributed by atoms with Gasteiger partial charge in [-0.05, 0) is 37.6 Å². The Bertz CT molecular complexity index is 820. The molecule has 1 N–H and O–H groups in total. The SMILES string of the molecule is CN(CCC1CCCCCC1)Cc1c[nH]c2c(OC(=O)N3CCOCC3)cccc12. The van der Waals surface area contributed by atoms with E-state index in [1.165, 1.54) is 50.5 Å². The van der Waals surface area contributed by atoms with Crippen molar-refractivity contribution in [3.8, 4) is 5.75 Å². The van der Waals surface area contributed by atoms with Gasteiger partial charge >= 0.3 is 6.09 Å². The fraction of sp³-hybridized carbons (Fsp3) is 0.625. The third-order valence-corrected chi connectivity index (χ3v) is 6.56. The minimum atomic E-state index is -0.303. The topological polar surface area (TPSA) is 57.8 Å². The van der Waals surface area contributed by atoms with Gasteiger partial charge in [0.05, 0.1) is 18.7 Å². The number of amides is 1. The summed E-state index contributed by atoms with van der Waals surface area (Å²) in [5.74, 6) is 1.49. The summed E-state index contributed by atoms with van der Waals surface area (Å²) >= 11 is 0. The second kappa shape index (κ2) is 10.3. The van der Waals surface area contributed by atoms with Gasteiger partial charge in [-0.25, -0.2) is 4.79 Å². The van der Waals surface area contributed by atoms with E-state index in [2.05, 4.69) is 29.2 Å². The quantitative estimate of drug-likeness (QED) is 0.692. The summed E-state index contributed by atoms with van der Waals surface area (Å²) in [5.41, 5.74) is 2.14. The van der Waals surface area contributed by atoms with Gasteiger partial charge in [-0.3, -0.25) is 0 Å². The number of hydrogen-bond donors (Lipinski definition) is 1. The highest BCUT2D eigenvalue weighted by Crippen LogP contribution is 2.29. The molecule has 0 spiro atoms. The van der Waals surface area contributed by atoms with Crippen LogP contribution in [0.2, 0.25) is 0 Å². The van der Waals surface area contributed by atoms with E-state index in [9.17, 15) is 4.79 Å². The van der Waals surface area contributed by atoms with E-state index in [1.807, 2.05) is 12.1 Å². The Hall–Kier alpha value is -2.05. The van der Waals surface area contributed by atoms with Crippen LogP contribution in [-0.4, -0.2) is 60.8 Å². The molecule has 164 valence electrons. The summed E-state index contributed by atoms with van der Waals surface area (Å²) in [6.45, 7) is 4.32. The van der Waals surface area contributed by atoms with E-state index in [1.54, 1.807) is 4.90 Å². The van der Waals surface area contributed by atoms with Crippen LogP contribution in [0.3, 0.4) is 0 Å². The zero-order valence-electron chi connectivity index (χ0n) is 18.2. The fourth-order valence-corrected chi connectivity index (χ4v) is 4.73. The summed E-state index contributed by atoms with van der Waals surface area (Å²) in [6, 6.07) is 5.93. The first kappa shape index (κ1) is 21.2. The molecule has 4 rings (SSSR count). The maximum absolute atomic E-state index is 12.5. The van der Waals surface area contributed by atoms with E-state index in [0.29, 0.717) is 32.1 Å². The van der Waals surface area contributed by atoms with Gasteiger partial charge in [-0.15, -0.1) is 0 Å². The molecular formula is C24H35N3O3.